The summed E-state index contributed by atoms with van der Waals surface area (Å²) in [4.78, 5) is 17.7. The van der Waals surface area contributed by atoms with E-state index in [4.69, 9.17) is 35.4 Å². The minimum absolute atomic E-state index is 0.00504. The van der Waals surface area contributed by atoms with Crippen molar-refractivity contribution in [2.75, 3.05) is 26.3 Å². The molecule has 0 radical (unpaired) electrons. The van der Waals surface area contributed by atoms with Gasteiger partial charge in [-0.05, 0) is 50.1 Å². The van der Waals surface area contributed by atoms with E-state index >= 15 is 0 Å². The van der Waals surface area contributed by atoms with Crippen LogP contribution in [-0.2, 0) is 32.3 Å². The van der Waals surface area contributed by atoms with E-state index in [1.165, 1.54) is 11.1 Å². The van der Waals surface area contributed by atoms with Gasteiger partial charge < -0.3 is 28.9 Å². The van der Waals surface area contributed by atoms with Crippen molar-refractivity contribution in [2.24, 2.45) is 0 Å². The molecule has 0 bridgehead atoms. The number of aliphatic hydroxyl groups is 1. The predicted molar refractivity (Wildman–Crippen MR) is 160 cm³/mol. The fourth-order valence-corrected chi connectivity index (χ4v) is 4.95. The zero-order chi connectivity index (χ0) is 30.8. The zero-order valence-corrected chi connectivity index (χ0v) is 25.5. The van der Waals surface area contributed by atoms with Gasteiger partial charge in [0, 0.05) is 17.9 Å². The van der Waals surface area contributed by atoms with Crippen molar-refractivity contribution >= 4 is 17.8 Å². The highest BCUT2D eigenvalue weighted by Gasteiger charge is 2.40. The Balaban J connectivity index is 1.37. The molecule has 0 aliphatic carbocycles. The number of nitrogens with zero attached hydrogens (tertiary/aromatic N) is 1. The third kappa shape index (κ3) is 10.2. The molecule has 0 amide bonds. The van der Waals surface area contributed by atoms with E-state index in [2.05, 4.69) is 0 Å². The van der Waals surface area contributed by atoms with Gasteiger partial charge >= 0.3 is 6.16 Å². The van der Waals surface area contributed by atoms with Gasteiger partial charge in [-0.15, -0.1) is 5.06 Å². The highest BCUT2D eigenvalue weighted by molar-refractivity contribution is 6.30. The van der Waals surface area contributed by atoms with Gasteiger partial charge in [0.15, 0.2) is 0 Å². The second-order valence-corrected chi connectivity index (χ2v) is 11.8. The maximum absolute atomic E-state index is 14.6. The van der Waals surface area contributed by atoms with E-state index in [9.17, 15) is 14.3 Å². The van der Waals surface area contributed by atoms with Gasteiger partial charge in [-0.25, -0.2) is 9.18 Å². The fraction of sp³-hybridized carbons (Fsp3) is 0.424. The first kappa shape index (κ1) is 32.7. The standard InChI is InChI=1S/C33H39ClFNO7/c1-33(2,3)42-32(38)43-36-19-28(37)30(29(20-36)41-22-25-11-7-12-27(34)31(25)35)24-13-15-26(16-14-24)40-18-8-17-39-21-23-9-5-4-6-10-23/h4-7,9-16,28-30,37H,8,17-22H2,1-3H3. The third-order valence-corrected chi connectivity index (χ3v) is 7.04. The third-order valence-electron chi connectivity index (χ3n) is 6.75. The molecule has 1 aliphatic rings. The molecule has 1 heterocycles. The molecule has 3 atom stereocenters. The molecule has 1 N–H and O–H groups in total. The van der Waals surface area contributed by atoms with Crippen LogP contribution in [0.15, 0.2) is 72.8 Å². The SMILES string of the molecule is CC(C)(C)OC(=O)ON1CC(O)C(c2ccc(OCCCOCc3ccccc3)cc2)C(OCc2cccc(Cl)c2F)C1. The highest BCUT2D eigenvalue weighted by atomic mass is 35.5. The number of aliphatic hydroxyl groups excluding tert-OH is 1. The molecular weight excluding hydrogens is 577 g/mol. The van der Waals surface area contributed by atoms with Crippen LogP contribution in [0.3, 0.4) is 0 Å². The second kappa shape index (κ2) is 15.5. The average molecular weight is 616 g/mol. The molecule has 0 aromatic heterocycles. The molecule has 1 saturated heterocycles. The quantitative estimate of drug-likeness (QED) is 0.178. The highest BCUT2D eigenvalue weighted by Crippen LogP contribution is 2.33. The number of rotatable bonds is 12. The molecule has 1 aliphatic heterocycles. The minimum Gasteiger partial charge on any atom is -0.494 e. The van der Waals surface area contributed by atoms with Crippen molar-refractivity contribution in [2.45, 2.75) is 64.1 Å². The first-order valence-electron chi connectivity index (χ1n) is 14.3. The molecule has 3 aromatic carbocycles. The van der Waals surface area contributed by atoms with Gasteiger partial charge in [0.1, 0.15) is 17.2 Å². The van der Waals surface area contributed by atoms with E-state index in [1.807, 2.05) is 54.6 Å². The summed E-state index contributed by atoms with van der Waals surface area (Å²) in [5.74, 6) is -0.363. The number of hydrogen-bond acceptors (Lipinski definition) is 8. The van der Waals surface area contributed by atoms with Crippen LogP contribution in [0.1, 0.15) is 49.8 Å². The van der Waals surface area contributed by atoms with E-state index in [0.29, 0.717) is 25.6 Å². The normalized spacial score (nSPS) is 19.2. The monoisotopic (exact) mass is 615 g/mol. The molecule has 43 heavy (non-hydrogen) atoms. The lowest BCUT2D eigenvalue weighted by molar-refractivity contribution is -0.201. The maximum atomic E-state index is 14.6. The summed E-state index contributed by atoms with van der Waals surface area (Å²) < 4.78 is 37.6. The number of hydrogen-bond donors (Lipinski definition) is 1. The van der Waals surface area contributed by atoms with Gasteiger partial charge in [0.2, 0.25) is 0 Å². The topological polar surface area (TPSA) is 86.7 Å². The summed E-state index contributed by atoms with van der Waals surface area (Å²) in [5, 5.41) is 12.5. The van der Waals surface area contributed by atoms with Crippen molar-refractivity contribution in [3.63, 3.8) is 0 Å². The summed E-state index contributed by atoms with van der Waals surface area (Å²) >= 11 is 5.95. The van der Waals surface area contributed by atoms with Gasteiger partial charge in [-0.3, -0.25) is 0 Å². The smallest absolute Gasteiger partial charge is 0.494 e. The van der Waals surface area contributed by atoms with Crippen molar-refractivity contribution in [3.8, 4) is 5.75 Å². The number of ether oxygens (including phenoxy) is 4. The first-order chi connectivity index (χ1) is 20.6. The molecule has 3 aromatic rings. The molecule has 0 spiro atoms. The molecule has 0 saturated carbocycles. The van der Waals surface area contributed by atoms with Gasteiger partial charge in [0.05, 0.1) is 56.7 Å². The van der Waals surface area contributed by atoms with Crippen LogP contribution in [0.25, 0.3) is 0 Å². The minimum atomic E-state index is -0.959. The Hall–Kier alpha value is -3.21. The summed E-state index contributed by atoms with van der Waals surface area (Å²) in [5.41, 5.74) is 1.47. The van der Waals surface area contributed by atoms with Crippen LogP contribution < -0.4 is 4.74 Å². The number of halogens is 2. The van der Waals surface area contributed by atoms with Gasteiger partial charge in [-0.2, -0.15) is 0 Å². The van der Waals surface area contributed by atoms with Crippen LogP contribution in [0.2, 0.25) is 5.02 Å². The molecule has 232 valence electrons. The Morgan fingerprint density at radius 2 is 1.72 bits per heavy atom. The zero-order valence-electron chi connectivity index (χ0n) is 24.7. The number of β-amino-alcohol motifs (C(OH)–C–C–N with tert-alkyl or cyclic N) is 1. The summed E-state index contributed by atoms with van der Waals surface area (Å²) in [6.07, 6.45) is -1.76. The van der Waals surface area contributed by atoms with E-state index in [0.717, 1.165) is 17.5 Å². The number of hydroxylamine groups is 2. The number of benzene rings is 3. The van der Waals surface area contributed by atoms with Crippen molar-refractivity contribution in [3.05, 3.63) is 100 Å². The fourth-order valence-electron chi connectivity index (χ4n) is 4.76. The predicted octanol–water partition coefficient (Wildman–Crippen LogP) is 6.68. The summed E-state index contributed by atoms with van der Waals surface area (Å²) in [6.45, 7) is 6.90. The van der Waals surface area contributed by atoms with Crippen LogP contribution >= 0.6 is 11.6 Å². The summed E-state index contributed by atoms with van der Waals surface area (Å²) in [7, 11) is 0. The van der Waals surface area contributed by atoms with Gasteiger partial charge in [0.25, 0.3) is 0 Å². The van der Waals surface area contributed by atoms with Crippen LogP contribution in [-0.4, -0.2) is 60.4 Å². The van der Waals surface area contributed by atoms with Crippen LogP contribution in [0.5, 0.6) is 5.75 Å². The maximum Gasteiger partial charge on any atom is 0.528 e. The Kier molecular flexibility index (Phi) is 11.8. The largest absolute Gasteiger partial charge is 0.528 e. The second-order valence-electron chi connectivity index (χ2n) is 11.4. The molecule has 1 fully saturated rings. The van der Waals surface area contributed by atoms with Crippen molar-refractivity contribution < 1.29 is 38.1 Å². The van der Waals surface area contributed by atoms with Crippen molar-refractivity contribution in [1.82, 2.24) is 5.06 Å². The number of carbonyl (C=O) groups excluding carboxylic acids is 1. The van der Waals surface area contributed by atoms with Gasteiger partial charge in [-0.1, -0.05) is 66.2 Å². The molecular formula is C33H39ClFNO7. The molecule has 8 nitrogen and oxygen atoms in total. The van der Waals surface area contributed by atoms with E-state index in [-0.39, 0.29) is 30.3 Å². The van der Waals surface area contributed by atoms with Crippen LogP contribution in [0.4, 0.5) is 9.18 Å². The van der Waals surface area contributed by atoms with Crippen molar-refractivity contribution in [1.29, 1.82) is 0 Å². The molecule has 4 rings (SSSR count). The lowest BCUT2D eigenvalue weighted by atomic mass is 9.85. The first-order valence-corrected chi connectivity index (χ1v) is 14.7. The Morgan fingerprint density at radius 1 is 0.977 bits per heavy atom. The Bertz CT molecular complexity index is 1300. The van der Waals surface area contributed by atoms with E-state index < -0.39 is 35.7 Å². The van der Waals surface area contributed by atoms with E-state index in [1.54, 1.807) is 32.9 Å². The Labute approximate surface area is 257 Å². The lowest BCUT2D eigenvalue weighted by Gasteiger charge is -2.40. The summed E-state index contributed by atoms with van der Waals surface area (Å²) in [6, 6.07) is 22.1. The Morgan fingerprint density at radius 3 is 2.44 bits per heavy atom. The number of carbonyl (C=O) groups is 1. The molecule has 3 unspecified atom stereocenters. The number of piperidine rings is 1. The average Bonchev–Trinajstić information content (AvgIpc) is 2.95. The molecule has 10 heteroatoms. The van der Waals surface area contributed by atoms with Crippen LogP contribution in [0, 0.1) is 5.82 Å². The lowest BCUT2D eigenvalue weighted by Crippen LogP contribution is -2.52.